The molecule has 3 rings (SSSR count). The second-order valence-corrected chi connectivity index (χ2v) is 5.82. The number of nitrogens with zero attached hydrogens (tertiary/aromatic N) is 3. The van der Waals surface area contributed by atoms with Gasteiger partial charge in [-0.3, -0.25) is 14.7 Å². The average Bonchev–Trinajstić information content (AvgIpc) is 2.56. The molecule has 0 unspecified atom stereocenters. The third-order valence-electron chi connectivity index (χ3n) is 4.10. The fourth-order valence-electron chi connectivity index (χ4n) is 2.84. The number of hydrogen-bond donors (Lipinski definition) is 0. The first-order chi connectivity index (χ1) is 11.2. The van der Waals surface area contributed by atoms with Gasteiger partial charge in [0.05, 0.1) is 6.42 Å². The summed E-state index contributed by atoms with van der Waals surface area (Å²) in [6.07, 6.45) is 3.91. The first kappa shape index (κ1) is 15.6. The van der Waals surface area contributed by atoms with Crippen molar-refractivity contribution in [2.24, 2.45) is 0 Å². The van der Waals surface area contributed by atoms with E-state index in [-0.39, 0.29) is 18.1 Å². The Morgan fingerprint density at radius 1 is 1.09 bits per heavy atom. The monoisotopic (exact) mass is 313 g/mol. The second kappa shape index (κ2) is 7.33. The van der Waals surface area contributed by atoms with Gasteiger partial charge in [-0.15, -0.1) is 0 Å². The van der Waals surface area contributed by atoms with Crippen LogP contribution in [0.4, 0.5) is 4.39 Å². The Morgan fingerprint density at radius 2 is 1.87 bits per heavy atom. The van der Waals surface area contributed by atoms with E-state index in [2.05, 4.69) is 16.0 Å². The zero-order chi connectivity index (χ0) is 16.1. The predicted molar refractivity (Wildman–Crippen MR) is 86.2 cm³/mol. The van der Waals surface area contributed by atoms with Gasteiger partial charge in [-0.05, 0) is 29.3 Å². The van der Waals surface area contributed by atoms with Crippen molar-refractivity contribution in [1.29, 1.82) is 0 Å². The lowest BCUT2D eigenvalue weighted by molar-refractivity contribution is -0.132. The predicted octanol–water partition coefficient (Wildman–Crippen LogP) is 2.11. The molecule has 0 bridgehead atoms. The summed E-state index contributed by atoms with van der Waals surface area (Å²) in [7, 11) is 0. The second-order valence-electron chi connectivity index (χ2n) is 5.82. The van der Waals surface area contributed by atoms with Crippen molar-refractivity contribution in [1.82, 2.24) is 14.8 Å². The van der Waals surface area contributed by atoms with Crippen LogP contribution in [0.3, 0.4) is 0 Å². The fourth-order valence-corrected chi connectivity index (χ4v) is 2.84. The van der Waals surface area contributed by atoms with Crippen molar-refractivity contribution in [3.05, 3.63) is 65.7 Å². The minimum atomic E-state index is -0.295. The van der Waals surface area contributed by atoms with Crippen LogP contribution in [0.1, 0.15) is 11.1 Å². The molecule has 23 heavy (non-hydrogen) atoms. The van der Waals surface area contributed by atoms with E-state index in [4.69, 9.17) is 0 Å². The summed E-state index contributed by atoms with van der Waals surface area (Å²) in [5.74, 6) is -0.229. The number of halogens is 1. The van der Waals surface area contributed by atoms with E-state index in [1.54, 1.807) is 18.3 Å². The molecule has 0 spiro atoms. The molecule has 2 heterocycles. The molecule has 4 nitrogen and oxygen atoms in total. The van der Waals surface area contributed by atoms with Gasteiger partial charge in [-0.2, -0.15) is 0 Å². The Hall–Kier alpha value is -2.27. The molecule has 120 valence electrons. The van der Waals surface area contributed by atoms with Crippen LogP contribution in [-0.2, 0) is 17.8 Å². The van der Waals surface area contributed by atoms with E-state index in [0.717, 1.165) is 25.2 Å². The van der Waals surface area contributed by atoms with Gasteiger partial charge in [0.25, 0.3) is 0 Å². The van der Waals surface area contributed by atoms with Crippen molar-refractivity contribution in [2.45, 2.75) is 13.0 Å². The molecule has 0 atom stereocenters. The standard InChI is InChI=1S/C18H20FN3O/c19-17-5-1-3-15(11-17)12-18(23)22-9-7-21(8-10-22)14-16-4-2-6-20-13-16/h1-6,11,13H,7-10,12,14H2. The number of hydrogen-bond acceptors (Lipinski definition) is 3. The third kappa shape index (κ3) is 4.36. The Kier molecular flexibility index (Phi) is 4.98. The summed E-state index contributed by atoms with van der Waals surface area (Å²) >= 11 is 0. The number of carbonyl (C=O) groups is 1. The van der Waals surface area contributed by atoms with Crippen LogP contribution >= 0.6 is 0 Å². The molecule has 1 aliphatic rings. The first-order valence-corrected chi connectivity index (χ1v) is 7.84. The number of piperazine rings is 1. The maximum absolute atomic E-state index is 13.2. The SMILES string of the molecule is O=C(Cc1cccc(F)c1)N1CCN(Cc2cccnc2)CC1. The molecule has 1 aromatic carbocycles. The minimum absolute atomic E-state index is 0.0663. The molecule has 5 heteroatoms. The van der Waals surface area contributed by atoms with Crippen LogP contribution in [0.15, 0.2) is 48.8 Å². The summed E-state index contributed by atoms with van der Waals surface area (Å²) in [6.45, 7) is 4.00. The van der Waals surface area contributed by atoms with E-state index in [1.807, 2.05) is 17.2 Å². The largest absolute Gasteiger partial charge is 0.340 e. The minimum Gasteiger partial charge on any atom is -0.340 e. The van der Waals surface area contributed by atoms with Crippen molar-refractivity contribution in [2.75, 3.05) is 26.2 Å². The molecule has 1 fully saturated rings. The number of benzene rings is 1. The first-order valence-electron chi connectivity index (χ1n) is 7.84. The number of amides is 1. The molecule has 1 aromatic heterocycles. The van der Waals surface area contributed by atoms with Crippen molar-refractivity contribution >= 4 is 5.91 Å². The van der Waals surface area contributed by atoms with E-state index in [1.165, 1.54) is 17.7 Å². The van der Waals surface area contributed by atoms with E-state index in [0.29, 0.717) is 13.1 Å². The van der Waals surface area contributed by atoms with Gasteiger partial charge in [0.2, 0.25) is 5.91 Å². The Morgan fingerprint density at radius 3 is 2.57 bits per heavy atom. The molecule has 1 amide bonds. The number of aromatic nitrogens is 1. The van der Waals surface area contributed by atoms with Crippen LogP contribution in [0, 0.1) is 5.82 Å². The summed E-state index contributed by atoms with van der Waals surface area (Å²) in [6, 6.07) is 10.3. The third-order valence-corrected chi connectivity index (χ3v) is 4.10. The number of pyridine rings is 1. The van der Waals surface area contributed by atoms with Gasteiger partial charge in [-0.1, -0.05) is 18.2 Å². The van der Waals surface area contributed by atoms with Gasteiger partial charge in [0.1, 0.15) is 5.82 Å². The molecular weight excluding hydrogens is 293 g/mol. The lowest BCUT2D eigenvalue weighted by Gasteiger charge is -2.34. The molecular formula is C18H20FN3O. The van der Waals surface area contributed by atoms with Crippen molar-refractivity contribution < 1.29 is 9.18 Å². The highest BCUT2D eigenvalue weighted by molar-refractivity contribution is 5.78. The zero-order valence-corrected chi connectivity index (χ0v) is 13.0. The lowest BCUT2D eigenvalue weighted by Crippen LogP contribution is -2.48. The van der Waals surface area contributed by atoms with Gasteiger partial charge >= 0.3 is 0 Å². The summed E-state index contributed by atoms with van der Waals surface area (Å²) in [5, 5.41) is 0. The van der Waals surface area contributed by atoms with Crippen LogP contribution in [0.5, 0.6) is 0 Å². The Bertz CT molecular complexity index is 654. The van der Waals surface area contributed by atoms with Gasteiger partial charge < -0.3 is 4.90 Å². The Labute approximate surface area is 135 Å². The molecule has 0 saturated carbocycles. The van der Waals surface area contributed by atoms with Crippen LogP contribution < -0.4 is 0 Å². The van der Waals surface area contributed by atoms with Crippen LogP contribution in [0.25, 0.3) is 0 Å². The van der Waals surface area contributed by atoms with Gasteiger partial charge in [0, 0.05) is 45.1 Å². The normalized spacial score (nSPS) is 15.6. The zero-order valence-electron chi connectivity index (χ0n) is 13.0. The molecule has 0 radical (unpaired) electrons. The van der Waals surface area contributed by atoms with Crippen LogP contribution in [-0.4, -0.2) is 46.9 Å². The van der Waals surface area contributed by atoms with Crippen molar-refractivity contribution in [3.63, 3.8) is 0 Å². The highest BCUT2D eigenvalue weighted by Gasteiger charge is 2.21. The number of carbonyl (C=O) groups excluding carboxylic acids is 1. The Balaban J connectivity index is 1.49. The highest BCUT2D eigenvalue weighted by atomic mass is 19.1. The fraction of sp³-hybridized carbons (Fsp3) is 0.333. The quantitative estimate of drug-likeness (QED) is 0.867. The summed E-state index contributed by atoms with van der Waals surface area (Å²) in [4.78, 5) is 20.6. The molecule has 1 aliphatic heterocycles. The van der Waals surface area contributed by atoms with E-state index in [9.17, 15) is 9.18 Å². The van der Waals surface area contributed by atoms with Crippen LogP contribution in [0.2, 0.25) is 0 Å². The van der Waals surface area contributed by atoms with Crippen molar-refractivity contribution in [3.8, 4) is 0 Å². The van der Waals surface area contributed by atoms with Gasteiger partial charge in [0.15, 0.2) is 0 Å². The van der Waals surface area contributed by atoms with Gasteiger partial charge in [-0.25, -0.2) is 4.39 Å². The lowest BCUT2D eigenvalue weighted by atomic mass is 10.1. The highest BCUT2D eigenvalue weighted by Crippen LogP contribution is 2.10. The molecule has 0 aliphatic carbocycles. The molecule has 0 N–H and O–H groups in total. The smallest absolute Gasteiger partial charge is 0.227 e. The molecule has 1 saturated heterocycles. The summed E-state index contributed by atoms with van der Waals surface area (Å²) in [5.41, 5.74) is 1.92. The van der Waals surface area contributed by atoms with E-state index >= 15 is 0 Å². The topological polar surface area (TPSA) is 36.4 Å². The number of rotatable bonds is 4. The maximum Gasteiger partial charge on any atom is 0.227 e. The maximum atomic E-state index is 13.2. The van der Waals surface area contributed by atoms with E-state index < -0.39 is 0 Å². The molecule has 2 aromatic rings. The summed E-state index contributed by atoms with van der Waals surface area (Å²) < 4.78 is 13.2. The average molecular weight is 313 g/mol.